The van der Waals surface area contributed by atoms with Crippen LogP contribution in [0, 0.1) is 5.92 Å². The fourth-order valence-electron chi connectivity index (χ4n) is 3.70. The first kappa shape index (κ1) is 22.2. The van der Waals surface area contributed by atoms with Crippen LogP contribution in [-0.2, 0) is 9.59 Å². The van der Waals surface area contributed by atoms with Crippen LogP contribution >= 0.6 is 31.9 Å². The number of halogens is 2. The molecule has 0 aliphatic carbocycles. The highest BCUT2D eigenvalue weighted by Gasteiger charge is 2.27. The Balaban J connectivity index is 2.17. The van der Waals surface area contributed by atoms with Crippen molar-refractivity contribution in [3.05, 3.63) is 66.1 Å². The molecule has 0 aliphatic heterocycles. The molecule has 0 unspecified atom stereocenters. The van der Waals surface area contributed by atoms with Gasteiger partial charge in [-0.15, -0.1) is 0 Å². The van der Waals surface area contributed by atoms with Crippen LogP contribution in [0.3, 0.4) is 0 Å². The van der Waals surface area contributed by atoms with Gasteiger partial charge in [-0.2, -0.15) is 9.20 Å². The third-order valence-corrected chi connectivity index (χ3v) is 6.32. The third-order valence-electron chi connectivity index (χ3n) is 5.26. The molecule has 0 N–H and O–H groups in total. The molecule has 0 radical (unpaired) electrons. The Bertz CT molecular complexity index is 1590. The van der Waals surface area contributed by atoms with Gasteiger partial charge >= 0.3 is 0 Å². The largest absolute Gasteiger partial charge is 0.299 e. The zero-order valence-electron chi connectivity index (χ0n) is 16.9. The van der Waals surface area contributed by atoms with Gasteiger partial charge in [-0.1, -0.05) is 34.1 Å². The molecule has 0 aliphatic rings. The number of hydrogen-bond donors (Lipinski definition) is 0. The molecule has 0 fully saturated rings. The maximum Gasteiger partial charge on any atom is 0.281 e. The van der Waals surface area contributed by atoms with Gasteiger partial charge in [-0.3, -0.25) is 24.0 Å². The van der Waals surface area contributed by atoms with Crippen LogP contribution in [-0.4, -0.2) is 31.7 Å². The smallest absolute Gasteiger partial charge is 0.281 e. The Morgan fingerprint density at radius 1 is 0.938 bits per heavy atom. The highest BCUT2D eigenvalue weighted by Crippen LogP contribution is 2.27. The minimum absolute atomic E-state index is 0.108. The van der Waals surface area contributed by atoms with Gasteiger partial charge in [-0.25, -0.2) is 4.98 Å². The van der Waals surface area contributed by atoms with Gasteiger partial charge in [0.15, 0.2) is 5.65 Å². The minimum Gasteiger partial charge on any atom is -0.299 e. The maximum absolute atomic E-state index is 13.5. The molecule has 0 spiro atoms. The van der Waals surface area contributed by atoms with Crippen LogP contribution in [0.5, 0.6) is 0 Å². The van der Waals surface area contributed by atoms with Crippen LogP contribution in [0.4, 0.5) is 0 Å². The average molecular weight is 561 g/mol. The molecular weight excluding hydrogens is 546 g/mol. The van der Waals surface area contributed by atoms with E-state index in [4.69, 9.17) is 0 Å². The van der Waals surface area contributed by atoms with Gasteiger partial charge in [0.2, 0.25) is 5.91 Å². The summed E-state index contributed by atoms with van der Waals surface area (Å²) in [5.41, 5.74) is -0.894. The number of rotatable bonds is 4. The Labute approximate surface area is 197 Å². The first-order valence-corrected chi connectivity index (χ1v) is 11.1. The van der Waals surface area contributed by atoms with Gasteiger partial charge in [-0.05, 0) is 48.0 Å². The second-order valence-corrected chi connectivity index (χ2v) is 9.14. The summed E-state index contributed by atoms with van der Waals surface area (Å²) >= 11 is 6.74. The zero-order chi connectivity index (χ0) is 23.3. The number of hydrogen-bond acceptors (Lipinski definition) is 6. The summed E-state index contributed by atoms with van der Waals surface area (Å²) in [5.74, 6) is -3.04. The second kappa shape index (κ2) is 8.18. The van der Waals surface area contributed by atoms with Crippen molar-refractivity contribution in [2.24, 2.45) is 5.92 Å². The number of Topliss-reactive ketones (excluding diaryl/α,β-unsaturated/α-hetero) is 2. The summed E-state index contributed by atoms with van der Waals surface area (Å²) in [6.07, 6.45) is -0.537. The van der Waals surface area contributed by atoms with E-state index >= 15 is 0 Å². The Kier molecular flexibility index (Phi) is 5.68. The van der Waals surface area contributed by atoms with Crippen molar-refractivity contribution in [3.63, 3.8) is 0 Å². The van der Waals surface area contributed by atoms with Crippen molar-refractivity contribution >= 4 is 76.7 Å². The number of nitrogens with zero attached hydrogens (tertiary/aromatic N) is 3. The maximum atomic E-state index is 13.5. The van der Waals surface area contributed by atoms with Gasteiger partial charge in [0.05, 0.1) is 22.2 Å². The van der Waals surface area contributed by atoms with E-state index in [-0.39, 0.29) is 16.4 Å². The summed E-state index contributed by atoms with van der Waals surface area (Å²) in [6.45, 7) is 2.41. The summed E-state index contributed by atoms with van der Waals surface area (Å²) in [6, 6.07) is 9.78. The second-order valence-electron chi connectivity index (χ2n) is 7.37. The van der Waals surface area contributed by atoms with Crippen LogP contribution < -0.4 is 11.1 Å². The van der Waals surface area contributed by atoms with Crippen LogP contribution in [0.25, 0.3) is 27.3 Å². The molecule has 0 saturated carbocycles. The molecule has 0 saturated heterocycles. The molecule has 2 aromatic carbocycles. The Morgan fingerprint density at radius 3 is 2.19 bits per heavy atom. The quantitative estimate of drug-likeness (QED) is 0.215. The molecule has 0 bridgehead atoms. The fourth-order valence-corrected chi connectivity index (χ4v) is 5.01. The fraction of sp³-hybridized carbons (Fsp3) is 0.182. The lowest BCUT2D eigenvalue weighted by atomic mass is 9.96. The van der Waals surface area contributed by atoms with E-state index in [1.54, 1.807) is 30.3 Å². The number of carbonyl (C=O) groups excluding carboxylic acids is 3. The molecule has 10 heteroatoms. The topological polar surface area (TPSA) is 108 Å². The summed E-state index contributed by atoms with van der Waals surface area (Å²) in [4.78, 5) is 68.4. The Hall–Kier alpha value is -2.98. The van der Waals surface area contributed by atoms with E-state index < -0.39 is 40.9 Å². The normalized spacial score (nSPS) is 11.5. The van der Waals surface area contributed by atoms with E-state index in [1.165, 1.54) is 19.9 Å². The molecule has 8 nitrogen and oxygen atoms in total. The SMILES string of the molecule is CC(=O)C(CC(=O)n1c(=O)c2ccccc2c2nc3c(Br)cc(Br)cc3c(=O)n21)C(C)=O. The lowest BCUT2D eigenvalue weighted by Gasteiger charge is -2.16. The first-order valence-electron chi connectivity index (χ1n) is 9.51. The molecule has 0 amide bonds. The summed E-state index contributed by atoms with van der Waals surface area (Å²) in [5, 5.41) is 0.752. The van der Waals surface area contributed by atoms with Crippen molar-refractivity contribution < 1.29 is 14.4 Å². The van der Waals surface area contributed by atoms with Crippen LogP contribution in [0.1, 0.15) is 25.1 Å². The zero-order valence-corrected chi connectivity index (χ0v) is 20.1. The van der Waals surface area contributed by atoms with Crippen molar-refractivity contribution in [1.29, 1.82) is 0 Å². The van der Waals surface area contributed by atoms with Crippen LogP contribution in [0.2, 0.25) is 0 Å². The third kappa shape index (κ3) is 3.53. The Morgan fingerprint density at radius 2 is 1.56 bits per heavy atom. The molecule has 32 heavy (non-hydrogen) atoms. The molecule has 2 aromatic heterocycles. The predicted octanol–water partition coefficient (Wildman–Crippen LogP) is 3.51. The number of benzene rings is 2. The number of fused-ring (bicyclic) bond motifs is 4. The van der Waals surface area contributed by atoms with Crippen molar-refractivity contribution in [2.45, 2.75) is 20.3 Å². The van der Waals surface area contributed by atoms with E-state index in [0.717, 1.165) is 4.52 Å². The van der Waals surface area contributed by atoms with E-state index in [2.05, 4.69) is 36.8 Å². The first-order chi connectivity index (χ1) is 15.1. The highest BCUT2D eigenvalue weighted by molar-refractivity contribution is 9.11. The van der Waals surface area contributed by atoms with Gasteiger partial charge < -0.3 is 0 Å². The van der Waals surface area contributed by atoms with E-state index in [1.807, 2.05) is 0 Å². The highest BCUT2D eigenvalue weighted by atomic mass is 79.9. The summed E-state index contributed by atoms with van der Waals surface area (Å²) < 4.78 is 2.76. The van der Waals surface area contributed by atoms with E-state index in [0.29, 0.717) is 24.5 Å². The van der Waals surface area contributed by atoms with Gasteiger partial charge in [0, 0.05) is 20.8 Å². The number of aromatic nitrogens is 3. The lowest BCUT2D eigenvalue weighted by molar-refractivity contribution is -0.130. The number of carbonyl (C=O) groups is 3. The molecular formula is C22H15Br2N3O5. The van der Waals surface area contributed by atoms with Gasteiger partial charge in [0.1, 0.15) is 11.6 Å². The molecule has 2 heterocycles. The summed E-state index contributed by atoms with van der Waals surface area (Å²) in [7, 11) is 0. The molecule has 0 atom stereocenters. The van der Waals surface area contributed by atoms with E-state index in [9.17, 15) is 24.0 Å². The van der Waals surface area contributed by atoms with Crippen molar-refractivity contribution in [2.75, 3.05) is 0 Å². The standard InChI is InChI=1S/C22H15Br2N3O5/c1-10(28)15(11(2)29)9-18(30)26-21(31)14-6-4-3-5-13(14)20-25-19-16(22(32)27(20)26)7-12(23)8-17(19)24/h3-8,15H,9H2,1-2H3. The number of ketones is 2. The van der Waals surface area contributed by atoms with Crippen LogP contribution in [0.15, 0.2) is 54.9 Å². The average Bonchev–Trinajstić information content (AvgIpc) is 2.73. The predicted molar refractivity (Wildman–Crippen MR) is 126 cm³/mol. The molecule has 4 aromatic rings. The van der Waals surface area contributed by atoms with Crippen molar-refractivity contribution in [3.8, 4) is 0 Å². The molecule has 162 valence electrons. The van der Waals surface area contributed by atoms with Crippen molar-refractivity contribution in [1.82, 2.24) is 14.2 Å². The monoisotopic (exact) mass is 559 g/mol. The minimum atomic E-state index is -1.21. The van der Waals surface area contributed by atoms with Gasteiger partial charge in [0.25, 0.3) is 11.1 Å². The molecule has 4 rings (SSSR count). The lowest BCUT2D eigenvalue weighted by Crippen LogP contribution is -2.40.